The van der Waals surface area contributed by atoms with Gasteiger partial charge in [0, 0.05) is 12.6 Å². The Kier molecular flexibility index (Phi) is 4.39. The first-order valence-corrected chi connectivity index (χ1v) is 5.59. The van der Waals surface area contributed by atoms with Crippen LogP contribution in [0.25, 0.3) is 0 Å². The van der Waals surface area contributed by atoms with Crippen molar-refractivity contribution in [3.05, 3.63) is 0 Å². The van der Waals surface area contributed by atoms with Gasteiger partial charge in [0.1, 0.15) is 0 Å². The Labute approximate surface area is 86.6 Å². The molecule has 3 heteroatoms. The predicted molar refractivity (Wildman–Crippen MR) is 58.0 cm³/mol. The van der Waals surface area contributed by atoms with Crippen LogP contribution < -0.4 is 10.6 Å². The summed E-state index contributed by atoms with van der Waals surface area (Å²) in [5.74, 6) is 1.47. The molecule has 1 atom stereocenters. The minimum Gasteiger partial charge on any atom is -0.355 e. The second-order valence-corrected chi connectivity index (χ2v) is 4.66. The molecule has 0 spiro atoms. The number of carbonyl (C=O) groups excluding carboxylic acids is 1. The Morgan fingerprint density at radius 2 is 2.00 bits per heavy atom. The van der Waals surface area contributed by atoms with Crippen LogP contribution in [0, 0.1) is 11.8 Å². The first-order chi connectivity index (χ1) is 6.59. The SMILES string of the molecule is CC(C)C(C)NCC(=O)NCC1CC1. The van der Waals surface area contributed by atoms with E-state index in [1.165, 1.54) is 12.8 Å². The third kappa shape index (κ3) is 4.61. The number of amides is 1. The summed E-state index contributed by atoms with van der Waals surface area (Å²) in [6.45, 7) is 7.74. The summed E-state index contributed by atoms with van der Waals surface area (Å²) in [7, 11) is 0. The van der Waals surface area contributed by atoms with E-state index in [0.717, 1.165) is 12.5 Å². The highest BCUT2D eigenvalue weighted by atomic mass is 16.1. The van der Waals surface area contributed by atoms with Crippen molar-refractivity contribution in [2.75, 3.05) is 13.1 Å². The number of nitrogens with one attached hydrogen (secondary N) is 2. The van der Waals surface area contributed by atoms with E-state index in [1.54, 1.807) is 0 Å². The third-order valence-corrected chi connectivity index (χ3v) is 2.87. The van der Waals surface area contributed by atoms with Crippen molar-refractivity contribution in [3.8, 4) is 0 Å². The zero-order valence-electron chi connectivity index (χ0n) is 9.47. The maximum absolute atomic E-state index is 11.3. The van der Waals surface area contributed by atoms with Gasteiger partial charge in [-0.15, -0.1) is 0 Å². The van der Waals surface area contributed by atoms with E-state index >= 15 is 0 Å². The molecule has 1 aliphatic carbocycles. The first kappa shape index (κ1) is 11.5. The molecule has 0 aliphatic heterocycles. The van der Waals surface area contributed by atoms with E-state index in [4.69, 9.17) is 0 Å². The summed E-state index contributed by atoms with van der Waals surface area (Å²) >= 11 is 0. The Hall–Kier alpha value is -0.570. The van der Waals surface area contributed by atoms with Crippen LogP contribution in [0.5, 0.6) is 0 Å². The van der Waals surface area contributed by atoms with Crippen molar-refractivity contribution in [1.82, 2.24) is 10.6 Å². The van der Waals surface area contributed by atoms with Crippen molar-refractivity contribution in [1.29, 1.82) is 0 Å². The standard InChI is InChI=1S/C11H22N2O/c1-8(2)9(3)12-7-11(14)13-6-10-4-5-10/h8-10,12H,4-7H2,1-3H3,(H,13,14). The molecule has 1 saturated carbocycles. The summed E-state index contributed by atoms with van der Waals surface area (Å²) in [6.07, 6.45) is 2.58. The fourth-order valence-electron chi connectivity index (χ4n) is 1.13. The average molecular weight is 198 g/mol. The summed E-state index contributed by atoms with van der Waals surface area (Å²) < 4.78 is 0. The van der Waals surface area contributed by atoms with Crippen LogP contribution in [0.2, 0.25) is 0 Å². The van der Waals surface area contributed by atoms with Gasteiger partial charge in [0.15, 0.2) is 0 Å². The van der Waals surface area contributed by atoms with E-state index in [-0.39, 0.29) is 5.91 Å². The van der Waals surface area contributed by atoms with Crippen LogP contribution in [0.4, 0.5) is 0 Å². The molecular weight excluding hydrogens is 176 g/mol. The lowest BCUT2D eigenvalue weighted by molar-refractivity contribution is -0.120. The Bertz CT molecular complexity index is 188. The first-order valence-electron chi connectivity index (χ1n) is 5.59. The maximum Gasteiger partial charge on any atom is 0.233 e. The van der Waals surface area contributed by atoms with Gasteiger partial charge in [-0.2, -0.15) is 0 Å². The van der Waals surface area contributed by atoms with Crippen LogP contribution in [0.15, 0.2) is 0 Å². The highest BCUT2D eigenvalue weighted by Crippen LogP contribution is 2.27. The van der Waals surface area contributed by atoms with E-state index in [0.29, 0.717) is 18.5 Å². The van der Waals surface area contributed by atoms with Gasteiger partial charge in [-0.1, -0.05) is 13.8 Å². The lowest BCUT2D eigenvalue weighted by Crippen LogP contribution is -2.40. The number of carbonyl (C=O) groups is 1. The zero-order valence-corrected chi connectivity index (χ0v) is 9.47. The van der Waals surface area contributed by atoms with Gasteiger partial charge in [-0.05, 0) is 31.6 Å². The van der Waals surface area contributed by atoms with Crippen molar-refractivity contribution in [3.63, 3.8) is 0 Å². The Morgan fingerprint density at radius 1 is 1.36 bits per heavy atom. The van der Waals surface area contributed by atoms with Crippen molar-refractivity contribution in [2.24, 2.45) is 11.8 Å². The normalized spacial score (nSPS) is 18.3. The molecule has 0 heterocycles. The second kappa shape index (κ2) is 5.35. The van der Waals surface area contributed by atoms with Gasteiger partial charge in [0.2, 0.25) is 5.91 Å². The molecule has 1 aliphatic rings. The molecule has 0 radical (unpaired) electrons. The van der Waals surface area contributed by atoms with Gasteiger partial charge in [-0.25, -0.2) is 0 Å². The van der Waals surface area contributed by atoms with Crippen LogP contribution in [0.1, 0.15) is 33.6 Å². The number of hydrogen-bond acceptors (Lipinski definition) is 2. The van der Waals surface area contributed by atoms with Gasteiger partial charge in [-0.3, -0.25) is 4.79 Å². The zero-order chi connectivity index (χ0) is 10.6. The second-order valence-electron chi connectivity index (χ2n) is 4.66. The molecule has 1 fully saturated rings. The Balaban J connectivity index is 2.01. The number of rotatable bonds is 6. The van der Waals surface area contributed by atoms with Crippen LogP contribution in [-0.2, 0) is 4.79 Å². The maximum atomic E-state index is 11.3. The van der Waals surface area contributed by atoms with Crippen LogP contribution in [-0.4, -0.2) is 25.0 Å². The van der Waals surface area contributed by atoms with Crippen molar-refractivity contribution < 1.29 is 4.79 Å². The van der Waals surface area contributed by atoms with Crippen LogP contribution >= 0.6 is 0 Å². The fraction of sp³-hybridized carbons (Fsp3) is 0.909. The van der Waals surface area contributed by atoms with E-state index in [1.807, 2.05) is 0 Å². The predicted octanol–water partition coefficient (Wildman–Crippen LogP) is 1.15. The lowest BCUT2D eigenvalue weighted by atomic mass is 10.1. The minimum absolute atomic E-state index is 0.129. The fourth-order valence-corrected chi connectivity index (χ4v) is 1.13. The molecular formula is C11H22N2O. The molecule has 14 heavy (non-hydrogen) atoms. The molecule has 0 aromatic rings. The Morgan fingerprint density at radius 3 is 2.50 bits per heavy atom. The molecule has 1 rings (SSSR count). The third-order valence-electron chi connectivity index (χ3n) is 2.87. The van der Waals surface area contributed by atoms with Gasteiger partial charge in [0.05, 0.1) is 6.54 Å². The topological polar surface area (TPSA) is 41.1 Å². The van der Waals surface area contributed by atoms with E-state index in [9.17, 15) is 4.79 Å². The van der Waals surface area contributed by atoms with Gasteiger partial charge in [0.25, 0.3) is 0 Å². The number of hydrogen-bond donors (Lipinski definition) is 2. The summed E-state index contributed by atoms with van der Waals surface area (Å²) in [5, 5.41) is 6.15. The molecule has 1 unspecified atom stereocenters. The van der Waals surface area contributed by atoms with Crippen molar-refractivity contribution in [2.45, 2.75) is 39.7 Å². The van der Waals surface area contributed by atoms with Gasteiger partial charge >= 0.3 is 0 Å². The minimum atomic E-state index is 0.129. The van der Waals surface area contributed by atoms with Crippen molar-refractivity contribution >= 4 is 5.91 Å². The largest absolute Gasteiger partial charge is 0.355 e. The molecule has 1 amide bonds. The van der Waals surface area contributed by atoms with E-state index < -0.39 is 0 Å². The molecule has 82 valence electrons. The summed E-state index contributed by atoms with van der Waals surface area (Å²) in [5.41, 5.74) is 0. The molecule has 0 aromatic carbocycles. The molecule has 2 N–H and O–H groups in total. The smallest absolute Gasteiger partial charge is 0.233 e. The van der Waals surface area contributed by atoms with Gasteiger partial charge < -0.3 is 10.6 Å². The summed E-state index contributed by atoms with van der Waals surface area (Å²) in [6, 6.07) is 0.404. The highest BCUT2D eigenvalue weighted by molar-refractivity contribution is 5.78. The lowest BCUT2D eigenvalue weighted by Gasteiger charge is -2.16. The molecule has 0 aromatic heterocycles. The van der Waals surface area contributed by atoms with E-state index in [2.05, 4.69) is 31.4 Å². The quantitative estimate of drug-likeness (QED) is 0.672. The monoisotopic (exact) mass is 198 g/mol. The summed E-state index contributed by atoms with van der Waals surface area (Å²) in [4.78, 5) is 11.3. The molecule has 0 saturated heterocycles. The molecule has 0 bridgehead atoms. The average Bonchev–Trinajstić information content (AvgIpc) is 2.94. The van der Waals surface area contributed by atoms with Crippen LogP contribution in [0.3, 0.4) is 0 Å². The molecule has 3 nitrogen and oxygen atoms in total. The highest BCUT2D eigenvalue weighted by Gasteiger charge is 2.21.